The molecular weight excluding hydrogens is 276 g/mol. The molecule has 1 saturated heterocycles. The molecule has 1 aromatic carbocycles. The van der Waals surface area contributed by atoms with Crippen LogP contribution >= 0.6 is 23.2 Å². The number of piperidine rings is 1. The molecule has 0 radical (unpaired) electrons. The van der Waals surface area contributed by atoms with Crippen molar-refractivity contribution in [2.75, 3.05) is 19.0 Å². The third kappa shape index (κ3) is 2.96. The van der Waals surface area contributed by atoms with E-state index in [1.165, 1.54) is 18.2 Å². The number of hydrogen-bond acceptors (Lipinski definition) is 1. The van der Waals surface area contributed by atoms with Gasteiger partial charge in [0.2, 0.25) is 0 Å². The van der Waals surface area contributed by atoms with E-state index in [4.69, 9.17) is 23.2 Å². The number of benzene rings is 1. The molecule has 2 rings (SSSR count). The third-order valence-electron chi connectivity index (χ3n) is 3.18. The standard InChI is InChI=1S/C13H14Cl2FNO/c14-7-9-2-1-5-17(8-9)13(18)11-6-10(15)3-4-12(11)16/h3-4,6,9H,1-2,5,7-8H2. The molecule has 0 aliphatic carbocycles. The van der Waals surface area contributed by atoms with Gasteiger partial charge in [0.15, 0.2) is 0 Å². The Bertz CT molecular complexity index is 453. The lowest BCUT2D eigenvalue weighted by atomic mass is 9.99. The molecule has 1 aliphatic heterocycles. The van der Waals surface area contributed by atoms with Crippen LogP contribution < -0.4 is 0 Å². The van der Waals surface area contributed by atoms with E-state index in [1.807, 2.05) is 0 Å². The summed E-state index contributed by atoms with van der Waals surface area (Å²) < 4.78 is 13.6. The summed E-state index contributed by atoms with van der Waals surface area (Å²) in [6.45, 7) is 1.24. The van der Waals surface area contributed by atoms with Crippen LogP contribution in [0.15, 0.2) is 18.2 Å². The number of carbonyl (C=O) groups is 1. The Morgan fingerprint density at radius 3 is 3.00 bits per heavy atom. The summed E-state index contributed by atoms with van der Waals surface area (Å²) in [5.41, 5.74) is 0.0396. The number of carbonyl (C=O) groups excluding carboxylic acids is 1. The first kappa shape index (κ1) is 13.6. The predicted octanol–water partition coefficient (Wildman–Crippen LogP) is 3.57. The van der Waals surface area contributed by atoms with Gasteiger partial charge in [0.25, 0.3) is 5.91 Å². The Labute approximate surface area is 116 Å². The first-order chi connectivity index (χ1) is 8.61. The Balaban J connectivity index is 2.17. The van der Waals surface area contributed by atoms with Gasteiger partial charge in [0.1, 0.15) is 5.82 Å². The molecular formula is C13H14Cl2FNO. The van der Waals surface area contributed by atoms with Gasteiger partial charge in [-0.25, -0.2) is 4.39 Å². The molecule has 1 unspecified atom stereocenters. The number of hydrogen-bond donors (Lipinski definition) is 0. The molecule has 1 amide bonds. The van der Waals surface area contributed by atoms with Crippen LogP contribution in [-0.2, 0) is 0 Å². The van der Waals surface area contributed by atoms with Crippen LogP contribution in [0.2, 0.25) is 5.02 Å². The Kier molecular flexibility index (Phi) is 4.46. The van der Waals surface area contributed by atoms with E-state index in [1.54, 1.807) is 4.90 Å². The number of nitrogens with zero attached hydrogens (tertiary/aromatic N) is 1. The van der Waals surface area contributed by atoms with Crippen LogP contribution in [0.5, 0.6) is 0 Å². The highest BCUT2D eigenvalue weighted by atomic mass is 35.5. The van der Waals surface area contributed by atoms with E-state index < -0.39 is 5.82 Å². The van der Waals surface area contributed by atoms with Gasteiger partial charge in [-0.1, -0.05) is 11.6 Å². The van der Waals surface area contributed by atoms with Gasteiger partial charge in [0.05, 0.1) is 5.56 Å². The van der Waals surface area contributed by atoms with E-state index in [0.29, 0.717) is 29.9 Å². The van der Waals surface area contributed by atoms with Gasteiger partial charge >= 0.3 is 0 Å². The van der Waals surface area contributed by atoms with Crippen molar-refractivity contribution in [1.29, 1.82) is 0 Å². The first-order valence-electron chi connectivity index (χ1n) is 5.92. The summed E-state index contributed by atoms with van der Waals surface area (Å²) in [5, 5.41) is 0.366. The largest absolute Gasteiger partial charge is 0.338 e. The molecule has 18 heavy (non-hydrogen) atoms. The number of amides is 1. The van der Waals surface area contributed by atoms with Gasteiger partial charge in [-0.15, -0.1) is 11.6 Å². The van der Waals surface area contributed by atoms with Crippen molar-refractivity contribution in [3.8, 4) is 0 Å². The fourth-order valence-corrected chi connectivity index (χ4v) is 2.63. The zero-order valence-electron chi connectivity index (χ0n) is 9.83. The first-order valence-corrected chi connectivity index (χ1v) is 6.83. The second-order valence-corrected chi connectivity index (χ2v) is 5.28. The molecule has 0 saturated carbocycles. The lowest BCUT2D eigenvalue weighted by molar-refractivity contribution is 0.0680. The number of likely N-dealkylation sites (tertiary alicyclic amines) is 1. The SMILES string of the molecule is O=C(c1cc(Cl)ccc1F)N1CCCC(CCl)C1. The Hall–Kier alpha value is -0.800. The normalized spacial score (nSPS) is 19.9. The molecule has 2 nitrogen and oxygen atoms in total. The van der Waals surface area contributed by atoms with Crippen molar-refractivity contribution in [3.05, 3.63) is 34.6 Å². The maximum atomic E-state index is 13.6. The summed E-state index contributed by atoms with van der Waals surface area (Å²) in [6.07, 6.45) is 1.93. The van der Waals surface area contributed by atoms with E-state index in [2.05, 4.69) is 0 Å². The summed E-state index contributed by atoms with van der Waals surface area (Å²) in [5.74, 6) is -0.00392. The van der Waals surface area contributed by atoms with Crippen LogP contribution in [0.25, 0.3) is 0 Å². The topological polar surface area (TPSA) is 20.3 Å². The minimum absolute atomic E-state index is 0.0396. The second-order valence-electron chi connectivity index (χ2n) is 4.54. The van der Waals surface area contributed by atoms with Gasteiger partial charge in [0, 0.05) is 24.0 Å². The molecule has 1 atom stereocenters. The number of alkyl halides is 1. The molecule has 1 fully saturated rings. The van der Waals surface area contributed by atoms with E-state index >= 15 is 0 Å². The van der Waals surface area contributed by atoms with Crippen molar-refractivity contribution in [3.63, 3.8) is 0 Å². The zero-order valence-corrected chi connectivity index (χ0v) is 11.3. The molecule has 1 heterocycles. The Morgan fingerprint density at radius 2 is 2.28 bits per heavy atom. The van der Waals surface area contributed by atoms with Crippen LogP contribution in [-0.4, -0.2) is 29.8 Å². The lowest BCUT2D eigenvalue weighted by Gasteiger charge is -2.32. The minimum Gasteiger partial charge on any atom is -0.338 e. The third-order valence-corrected chi connectivity index (χ3v) is 3.85. The second kappa shape index (κ2) is 5.89. The number of rotatable bonds is 2. The van der Waals surface area contributed by atoms with Crippen LogP contribution in [0, 0.1) is 11.7 Å². The highest BCUT2D eigenvalue weighted by Crippen LogP contribution is 2.22. The molecule has 0 aromatic heterocycles. The molecule has 5 heteroatoms. The highest BCUT2D eigenvalue weighted by molar-refractivity contribution is 6.31. The van der Waals surface area contributed by atoms with Crippen LogP contribution in [0.4, 0.5) is 4.39 Å². The average molecular weight is 290 g/mol. The van der Waals surface area contributed by atoms with Gasteiger partial charge < -0.3 is 4.90 Å². The Morgan fingerprint density at radius 1 is 1.50 bits per heavy atom. The van der Waals surface area contributed by atoms with Gasteiger partial charge in [-0.05, 0) is 37.0 Å². The van der Waals surface area contributed by atoms with E-state index in [9.17, 15) is 9.18 Å². The van der Waals surface area contributed by atoms with Crippen molar-refractivity contribution < 1.29 is 9.18 Å². The summed E-state index contributed by atoms with van der Waals surface area (Å²) in [6, 6.07) is 4.04. The smallest absolute Gasteiger partial charge is 0.256 e. The predicted molar refractivity (Wildman–Crippen MR) is 70.8 cm³/mol. The maximum Gasteiger partial charge on any atom is 0.256 e. The van der Waals surface area contributed by atoms with Crippen molar-refractivity contribution >= 4 is 29.1 Å². The molecule has 1 aromatic rings. The lowest BCUT2D eigenvalue weighted by Crippen LogP contribution is -2.40. The number of halogens is 3. The van der Waals surface area contributed by atoms with Crippen molar-refractivity contribution in [2.45, 2.75) is 12.8 Å². The van der Waals surface area contributed by atoms with Gasteiger partial charge in [-0.2, -0.15) is 0 Å². The van der Waals surface area contributed by atoms with Crippen LogP contribution in [0.3, 0.4) is 0 Å². The monoisotopic (exact) mass is 289 g/mol. The molecule has 0 spiro atoms. The summed E-state index contributed by atoms with van der Waals surface area (Å²) in [4.78, 5) is 13.9. The van der Waals surface area contributed by atoms with Crippen LogP contribution in [0.1, 0.15) is 23.2 Å². The fourth-order valence-electron chi connectivity index (χ4n) is 2.21. The van der Waals surface area contributed by atoms with Crippen molar-refractivity contribution in [1.82, 2.24) is 4.90 Å². The van der Waals surface area contributed by atoms with E-state index in [-0.39, 0.29) is 11.5 Å². The average Bonchev–Trinajstić information content (AvgIpc) is 2.41. The zero-order chi connectivity index (χ0) is 13.1. The van der Waals surface area contributed by atoms with E-state index in [0.717, 1.165) is 12.8 Å². The quantitative estimate of drug-likeness (QED) is 0.762. The fraction of sp³-hybridized carbons (Fsp3) is 0.462. The summed E-state index contributed by atoms with van der Waals surface area (Å²) in [7, 11) is 0. The molecule has 98 valence electrons. The molecule has 0 N–H and O–H groups in total. The molecule has 1 aliphatic rings. The summed E-state index contributed by atoms with van der Waals surface area (Å²) >= 11 is 11.6. The molecule has 0 bridgehead atoms. The minimum atomic E-state index is -0.530. The highest BCUT2D eigenvalue weighted by Gasteiger charge is 2.25. The van der Waals surface area contributed by atoms with Gasteiger partial charge in [-0.3, -0.25) is 4.79 Å². The maximum absolute atomic E-state index is 13.6. The van der Waals surface area contributed by atoms with Crippen molar-refractivity contribution in [2.24, 2.45) is 5.92 Å².